The molecule has 0 fully saturated rings. The minimum atomic E-state index is -0.712. The van der Waals surface area contributed by atoms with Crippen LogP contribution in [-0.2, 0) is 4.79 Å². The van der Waals surface area contributed by atoms with Crippen molar-refractivity contribution in [3.63, 3.8) is 0 Å². The van der Waals surface area contributed by atoms with E-state index in [9.17, 15) is 14.4 Å². The average Bonchev–Trinajstić information content (AvgIpc) is 3.10. The third-order valence-corrected chi connectivity index (χ3v) is 4.23. The molecule has 0 unspecified atom stereocenters. The number of carbonyl (C=O) groups is 1. The third kappa shape index (κ3) is 3.90. The van der Waals surface area contributed by atoms with Gasteiger partial charge in [-0.3, -0.25) is 4.79 Å². The molecule has 1 N–H and O–H groups in total. The fourth-order valence-electron chi connectivity index (χ4n) is 2.28. The standard InChI is InChI=1S/C20H12BrFN2O2/c21-16-6-2-1-5-15(16)19-10-9-14(26-19)11-13(12-23)20(25)24-18-8-4-3-7-17(18)22/h1-11H,(H,24,25)/b13-11+. The molecule has 0 aliphatic rings. The summed E-state index contributed by atoms with van der Waals surface area (Å²) in [5.41, 5.74) is 0.662. The zero-order valence-electron chi connectivity index (χ0n) is 13.4. The van der Waals surface area contributed by atoms with Gasteiger partial charge in [0, 0.05) is 16.1 Å². The predicted octanol–water partition coefficient (Wildman–Crippen LogP) is 5.39. The number of rotatable bonds is 4. The van der Waals surface area contributed by atoms with Crippen LogP contribution < -0.4 is 5.32 Å². The number of nitriles is 1. The molecule has 4 nitrogen and oxygen atoms in total. The number of halogens is 2. The molecular weight excluding hydrogens is 399 g/mol. The zero-order chi connectivity index (χ0) is 18.5. The van der Waals surface area contributed by atoms with E-state index in [1.54, 1.807) is 18.2 Å². The van der Waals surface area contributed by atoms with Crippen LogP contribution in [-0.4, -0.2) is 5.91 Å². The molecule has 0 saturated carbocycles. The quantitative estimate of drug-likeness (QED) is 0.462. The first-order valence-electron chi connectivity index (χ1n) is 7.61. The Bertz CT molecular complexity index is 1030. The van der Waals surface area contributed by atoms with Gasteiger partial charge in [-0.2, -0.15) is 5.26 Å². The van der Waals surface area contributed by atoms with Gasteiger partial charge in [-0.05, 0) is 30.3 Å². The number of hydrogen-bond acceptors (Lipinski definition) is 3. The van der Waals surface area contributed by atoms with Crippen LogP contribution in [0.3, 0.4) is 0 Å². The van der Waals surface area contributed by atoms with Crippen molar-refractivity contribution in [2.45, 2.75) is 0 Å². The van der Waals surface area contributed by atoms with Gasteiger partial charge in [-0.15, -0.1) is 0 Å². The molecule has 0 bridgehead atoms. The molecule has 6 heteroatoms. The first kappa shape index (κ1) is 17.6. The van der Waals surface area contributed by atoms with Crippen molar-refractivity contribution in [1.82, 2.24) is 0 Å². The average molecular weight is 411 g/mol. The molecule has 0 radical (unpaired) electrons. The van der Waals surface area contributed by atoms with Crippen molar-refractivity contribution in [3.05, 3.63) is 82.3 Å². The first-order valence-corrected chi connectivity index (χ1v) is 8.40. The number of carbonyl (C=O) groups excluding carboxylic acids is 1. The van der Waals surface area contributed by atoms with Crippen LogP contribution in [0.4, 0.5) is 10.1 Å². The summed E-state index contributed by atoms with van der Waals surface area (Å²) in [6.45, 7) is 0. The van der Waals surface area contributed by atoms with Gasteiger partial charge in [-0.1, -0.05) is 46.3 Å². The molecule has 1 aromatic heterocycles. The maximum absolute atomic E-state index is 13.6. The SMILES string of the molecule is N#C/C(=C\c1ccc(-c2ccccc2Br)o1)C(=O)Nc1ccccc1F. The van der Waals surface area contributed by atoms with Crippen LogP contribution >= 0.6 is 15.9 Å². The minimum Gasteiger partial charge on any atom is -0.457 e. The van der Waals surface area contributed by atoms with E-state index >= 15 is 0 Å². The second-order valence-corrected chi connectivity index (χ2v) is 6.14. The Morgan fingerprint density at radius 3 is 2.58 bits per heavy atom. The lowest BCUT2D eigenvalue weighted by Gasteiger charge is -2.04. The zero-order valence-corrected chi connectivity index (χ0v) is 15.0. The number of amides is 1. The Balaban J connectivity index is 1.84. The summed E-state index contributed by atoms with van der Waals surface area (Å²) >= 11 is 3.45. The molecule has 3 aromatic rings. The lowest BCUT2D eigenvalue weighted by molar-refractivity contribution is -0.112. The van der Waals surface area contributed by atoms with Crippen molar-refractivity contribution >= 4 is 33.6 Å². The van der Waals surface area contributed by atoms with Crippen molar-refractivity contribution in [1.29, 1.82) is 5.26 Å². The number of anilines is 1. The van der Waals surface area contributed by atoms with E-state index in [1.807, 2.05) is 30.3 Å². The summed E-state index contributed by atoms with van der Waals surface area (Å²) < 4.78 is 20.2. The van der Waals surface area contributed by atoms with Crippen LogP contribution in [0.1, 0.15) is 5.76 Å². The van der Waals surface area contributed by atoms with Crippen LogP contribution in [0.15, 0.2) is 75.1 Å². The molecule has 0 aliphatic carbocycles. The van der Waals surface area contributed by atoms with E-state index in [4.69, 9.17) is 4.42 Å². The summed E-state index contributed by atoms with van der Waals surface area (Å²) in [6.07, 6.45) is 1.32. The van der Waals surface area contributed by atoms with E-state index < -0.39 is 11.7 Å². The summed E-state index contributed by atoms with van der Waals surface area (Å²) in [4.78, 5) is 12.2. The van der Waals surface area contributed by atoms with Gasteiger partial charge in [0.15, 0.2) is 0 Å². The molecule has 3 rings (SSSR count). The van der Waals surface area contributed by atoms with Gasteiger partial charge in [-0.25, -0.2) is 4.39 Å². The van der Waals surface area contributed by atoms with Crippen molar-refractivity contribution in [2.75, 3.05) is 5.32 Å². The topological polar surface area (TPSA) is 66.0 Å². The molecule has 0 saturated heterocycles. The molecular formula is C20H12BrFN2O2. The number of benzene rings is 2. The van der Waals surface area contributed by atoms with E-state index in [1.165, 1.54) is 24.3 Å². The maximum atomic E-state index is 13.6. The largest absolute Gasteiger partial charge is 0.457 e. The molecule has 1 heterocycles. The highest BCUT2D eigenvalue weighted by atomic mass is 79.9. The summed E-state index contributed by atoms with van der Waals surface area (Å²) in [5.74, 6) is -0.352. The van der Waals surface area contributed by atoms with Crippen LogP contribution in [0.25, 0.3) is 17.4 Å². The molecule has 128 valence electrons. The van der Waals surface area contributed by atoms with Gasteiger partial charge < -0.3 is 9.73 Å². The Labute approximate surface area is 157 Å². The second-order valence-electron chi connectivity index (χ2n) is 5.29. The fourth-order valence-corrected chi connectivity index (χ4v) is 2.76. The lowest BCUT2D eigenvalue weighted by atomic mass is 10.2. The molecule has 0 aliphatic heterocycles. The predicted molar refractivity (Wildman–Crippen MR) is 100 cm³/mol. The number of hydrogen-bond donors (Lipinski definition) is 1. The van der Waals surface area contributed by atoms with Crippen molar-refractivity contribution in [3.8, 4) is 17.4 Å². The summed E-state index contributed by atoms with van der Waals surface area (Å²) in [5, 5.41) is 11.6. The summed E-state index contributed by atoms with van der Waals surface area (Å²) in [7, 11) is 0. The monoisotopic (exact) mass is 410 g/mol. The highest BCUT2D eigenvalue weighted by Crippen LogP contribution is 2.30. The molecule has 26 heavy (non-hydrogen) atoms. The van der Waals surface area contributed by atoms with E-state index in [0.29, 0.717) is 11.5 Å². The van der Waals surface area contributed by atoms with Gasteiger partial charge >= 0.3 is 0 Å². The second kappa shape index (κ2) is 7.81. The minimum absolute atomic E-state index is 0.00648. The summed E-state index contributed by atoms with van der Waals surface area (Å²) in [6, 6.07) is 18.5. The Morgan fingerprint density at radius 1 is 1.12 bits per heavy atom. The number of nitrogens with one attached hydrogen (secondary N) is 1. The van der Waals surface area contributed by atoms with E-state index in [2.05, 4.69) is 21.2 Å². The van der Waals surface area contributed by atoms with Crippen molar-refractivity contribution in [2.24, 2.45) is 0 Å². The van der Waals surface area contributed by atoms with Crippen LogP contribution in [0.2, 0.25) is 0 Å². The number of para-hydroxylation sites is 1. The van der Waals surface area contributed by atoms with E-state index in [0.717, 1.165) is 10.0 Å². The Hall–Kier alpha value is -3.17. The normalized spacial score (nSPS) is 11.0. The van der Waals surface area contributed by atoms with Gasteiger partial charge in [0.1, 0.15) is 29.0 Å². The molecule has 2 aromatic carbocycles. The molecule has 0 spiro atoms. The van der Waals surface area contributed by atoms with Crippen LogP contribution in [0.5, 0.6) is 0 Å². The van der Waals surface area contributed by atoms with Gasteiger partial charge in [0.25, 0.3) is 5.91 Å². The molecule has 0 atom stereocenters. The highest BCUT2D eigenvalue weighted by molar-refractivity contribution is 9.10. The van der Waals surface area contributed by atoms with Gasteiger partial charge in [0.05, 0.1) is 5.69 Å². The van der Waals surface area contributed by atoms with E-state index in [-0.39, 0.29) is 11.3 Å². The Kier molecular flexibility index (Phi) is 5.30. The fraction of sp³-hybridized carbons (Fsp3) is 0. The molecule has 1 amide bonds. The highest BCUT2D eigenvalue weighted by Gasteiger charge is 2.13. The van der Waals surface area contributed by atoms with Crippen molar-refractivity contribution < 1.29 is 13.6 Å². The van der Waals surface area contributed by atoms with Gasteiger partial charge in [0.2, 0.25) is 0 Å². The maximum Gasteiger partial charge on any atom is 0.266 e. The number of furan rings is 1. The third-order valence-electron chi connectivity index (χ3n) is 3.54. The lowest BCUT2D eigenvalue weighted by Crippen LogP contribution is -2.14. The Morgan fingerprint density at radius 2 is 1.85 bits per heavy atom. The number of nitrogens with zero attached hydrogens (tertiary/aromatic N) is 1. The first-order chi connectivity index (χ1) is 12.6. The smallest absolute Gasteiger partial charge is 0.266 e. The van der Waals surface area contributed by atoms with Crippen LogP contribution in [0, 0.1) is 17.1 Å².